The predicted octanol–water partition coefficient (Wildman–Crippen LogP) is 5.99. The minimum atomic E-state index is 0.295. The molecule has 0 aliphatic carbocycles. The SMILES string of the molecule is Clc1ccc(OCc2nc3cc(Sc4ccncc4)ccc3[nH]2)c(Cl)c1. The highest BCUT2D eigenvalue weighted by Gasteiger charge is 2.08. The number of hydrogen-bond donors (Lipinski definition) is 1. The Morgan fingerprint density at radius 2 is 1.81 bits per heavy atom. The lowest BCUT2D eigenvalue weighted by molar-refractivity contribution is 0.298. The van der Waals surface area contributed by atoms with Gasteiger partial charge in [0.1, 0.15) is 18.2 Å². The van der Waals surface area contributed by atoms with E-state index in [0.29, 0.717) is 22.4 Å². The monoisotopic (exact) mass is 401 g/mol. The third kappa shape index (κ3) is 3.96. The van der Waals surface area contributed by atoms with Crippen molar-refractivity contribution in [3.8, 4) is 5.75 Å². The Hall–Kier alpha value is -2.21. The lowest BCUT2D eigenvalue weighted by Gasteiger charge is -2.06. The quantitative estimate of drug-likeness (QED) is 0.445. The second-order valence-electron chi connectivity index (χ2n) is 5.51. The number of pyridine rings is 1. The molecule has 0 unspecified atom stereocenters. The number of nitrogens with zero attached hydrogens (tertiary/aromatic N) is 2. The highest BCUT2D eigenvalue weighted by molar-refractivity contribution is 7.99. The molecule has 7 heteroatoms. The van der Waals surface area contributed by atoms with Crippen molar-refractivity contribution in [3.63, 3.8) is 0 Å². The van der Waals surface area contributed by atoms with Gasteiger partial charge >= 0.3 is 0 Å². The zero-order valence-corrected chi connectivity index (χ0v) is 15.8. The van der Waals surface area contributed by atoms with Crippen LogP contribution < -0.4 is 4.74 Å². The largest absolute Gasteiger partial charge is 0.484 e. The van der Waals surface area contributed by atoms with Crippen molar-refractivity contribution in [1.82, 2.24) is 15.0 Å². The number of rotatable bonds is 5. The van der Waals surface area contributed by atoms with Gasteiger partial charge in [0.05, 0.1) is 16.1 Å². The number of hydrogen-bond acceptors (Lipinski definition) is 4. The smallest absolute Gasteiger partial charge is 0.146 e. The molecule has 0 fully saturated rings. The van der Waals surface area contributed by atoms with E-state index in [1.807, 2.05) is 18.2 Å². The topological polar surface area (TPSA) is 50.8 Å². The van der Waals surface area contributed by atoms with Gasteiger partial charge in [0.15, 0.2) is 0 Å². The first-order valence-electron chi connectivity index (χ1n) is 7.82. The summed E-state index contributed by atoms with van der Waals surface area (Å²) in [5.41, 5.74) is 1.86. The number of aromatic amines is 1. The van der Waals surface area contributed by atoms with Gasteiger partial charge in [0.25, 0.3) is 0 Å². The molecule has 0 amide bonds. The van der Waals surface area contributed by atoms with Crippen LogP contribution in [-0.2, 0) is 6.61 Å². The molecule has 2 aromatic carbocycles. The molecule has 4 aromatic rings. The molecule has 2 heterocycles. The van der Waals surface area contributed by atoms with E-state index in [1.165, 1.54) is 0 Å². The molecule has 0 atom stereocenters. The Balaban J connectivity index is 1.50. The van der Waals surface area contributed by atoms with Gasteiger partial charge < -0.3 is 9.72 Å². The lowest BCUT2D eigenvalue weighted by atomic mass is 10.3. The molecule has 0 bridgehead atoms. The highest BCUT2D eigenvalue weighted by Crippen LogP contribution is 2.30. The van der Waals surface area contributed by atoms with Crippen molar-refractivity contribution in [2.75, 3.05) is 0 Å². The van der Waals surface area contributed by atoms with Crippen LogP contribution >= 0.6 is 35.0 Å². The Labute approximate surface area is 164 Å². The van der Waals surface area contributed by atoms with Gasteiger partial charge in [-0.3, -0.25) is 4.98 Å². The maximum absolute atomic E-state index is 6.12. The van der Waals surface area contributed by atoms with Crippen LogP contribution in [0.25, 0.3) is 11.0 Å². The first kappa shape index (κ1) is 17.2. The predicted molar refractivity (Wildman–Crippen MR) is 105 cm³/mol. The fourth-order valence-corrected chi connectivity index (χ4v) is 3.75. The van der Waals surface area contributed by atoms with Gasteiger partial charge in [-0.25, -0.2) is 4.98 Å². The number of ether oxygens (including phenoxy) is 1. The fourth-order valence-electron chi connectivity index (χ4n) is 2.45. The Morgan fingerprint density at radius 3 is 2.62 bits per heavy atom. The molecular formula is C19H13Cl2N3OS. The summed E-state index contributed by atoms with van der Waals surface area (Å²) in [4.78, 5) is 14.1. The Bertz CT molecular complexity index is 1050. The van der Waals surface area contributed by atoms with Crippen molar-refractivity contribution in [2.24, 2.45) is 0 Å². The normalized spacial score (nSPS) is 11.0. The van der Waals surface area contributed by atoms with Gasteiger partial charge in [0, 0.05) is 27.2 Å². The van der Waals surface area contributed by atoms with Crippen LogP contribution in [0.15, 0.2) is 70.7 Å². The Kier molecular flexibility index (Phi) is 5.02. The minimum absolute atomic E-state index is 0.295. The fraction of sp³-hybridized carbons (Fsp3) is 0.0526. The number of H-pyrrole nitrogens is 1. The standard InChI is InChI=1S/C19H13Cl2N3OS/c20-12-1-4-18(15(21)9-12)25-11-19-23-16-3-2-14(10-17(16)24-19)26-13-5-7-22-8-6-13/h1-10H,11H2,(H,23,24). The number of fused-ring (bicyclic) bond motifs is 1. The van der Waals surface area contributed by atoms with Crippen LogP contribution in [0.1, 0.15) is 5.82 Å². The molecular weight excluding hydrogens is 389 g/mol. The molecule has 0 saturated carbocycles. The van der Waals surface area contributed by atoms with Gasteiger partial charge in [0.2, 0.25) is 0 Å². The lowest BCUT2D eigenvalue weighted by Crippen LogP contribution is -1.97. The van der Waals surface area contributed by atoms with Gasteiger partial charge in [-0.05, 0) is 48.5 Å². The maximum atomic E-state index is 6.12. The van der Waals surface area contributed by atoms with Gasteiger partial charge in [-0.2, -0.15) is 0 Å². The number of imidazole rings is 1. The van der Waals surface area contributed by atoms with E-state index in [-0.39, 0.29) is 0 Å². The van der Waals surface area contributed by atoms with E-state index in [1.54, 1.807) is 42.4 Å². The minimum Gasteiger partial charge on any atom is -0.484 e. The molecule has 0 saturated heterocycles. The first-order chi connectivity index (χ1) is 12.7. The van der Waals surface area contributed by atoms with Crippen molar-refractivity contribution in [3.05, 3.63) is 76.8 Å². The van der Waals surface area contributed by atoms with E-state index in [9.17, 15) is 0 Å². The van der Waals surface area contributed by atoms with Crippen molar-refractivity contribution in [2.45, 2.75) is 16.4 Å². The number of halogens is 2. The van der Waals surface area contributed by atoms with Crippen LogP contribution in [0.3, 0.4) is 0 Å². The van der Waals surface area contributed by atoms with E-state index in [4.69, 9.17) is 27.9 Å². The summed E-state index contributed by atoms with van der Waals surface area (Å²) in [6.07, 6.45) is 3.57. The first-order valence-corrected chi connectivity index (χ1v) is 9.39. The van der Waals surface area contributed by atoms with Crippen molar-refractivity contribution < 1.29 is 4.74 Å². The number of benzene rings is 2. The van der Waals surface area contributed by atoms with Crippen LogP contribution in [0.2, 0.25) is 10.0 Å². The van der Waals surface area contributed by atoms with E-state index in [0.717, 1.165) is 26.6 Å². The molecule has 0 aliphatic rings. The van der Waals surface area contributed by atoms with E-state index in [2.05, 4.69) is 27.1 Å². The molecule has 4 rings (SSSR count). The number of aromatic nitrogens is 3. The molecule has 0 spiro atoms. The molecule has 26 heavy (non-hydrogen) atoms. The zero-order valence-electron chi connectivity index (χ0n) is 13.4. The summed E-state index contributed by atoms with van der Waals surface area (Å²) >= 11 is 13.7. The maximum Gasteiger partial charge on any atom is 0.146 e. The second-order valence-corrected chi connectivity index (χ2v) is 7.50. The van der Waals surface area contributed by atoms with Crippen LogP contribution in [0, 0.1) is 0 Å². The van der Waals surface area contributed by atoms with Crippen molar-refractivity contribution in [1.29, 1.82) is 0 Å². The molecule has 130 valence electrons. The van der Waals surface area contributed by atoms with E-state index < -0.39 is 0 Å². The highest BCUT2D eigenvalue weighted by atomic mass is 35.5. The van der Waals surface area contributed by atoms with Gasteiger partial charge in [-0.15, -0.1) is 0 Å². The molecule has 1 N–H and O–H groups in total. The van der Waals surface area contributed by atoms with Crippen LogP contribution in [0.5, 0.6) is 5.75 Å². The van der Waals surface area contributed by atoms with Crippen LogP contribution in [0.4, 0.5) is 0 Å². The summed E-state index contributed by atoms with van der Waals surface area (Å²) in [7, 11) is 0. The molecule has 4 nitrogen and oxygen atoms in total. The summed E-state index contributed by atoms with van der Waals surface area (Å²) in [5.74, 6) is 1.31. The summed E-state index contributed by atoms with van der Waals surface area (Å²) in [6, 6.07) is 15.2. The van der Waals surface area contributed by atoms with Gasteiger partial charge in [-0.1, -0.05) is 35.0 Å². The zero-order chi connectivity index (χ0) is 17.9. The Morgan fingerprint density at radius 1 is 0.962 bits per heavy atom. The summed E-state index contributed by atoms with van der Waals surface area (Å²) in [5, 5.41) is 1.05. The summed E-state index contributed by atoms with van der Waals surface area (Å²) < 4.78 is 5.74. The third-order valence-electron chi connectivity index (χ3n) is 3.65. The average Bonchev–Trinajstić information content (AvgIpc) is 3.04. The average molecular weight is 402 g/mol. The third-order valence-corrected chi connectivity index (χ3v) is 5.18. The van der Waals surface area contributed by atoms with Crippen LogP contribution in [-0.4, -0.2) is 15.0 Å². The van der Waals surface area contributed by atoms with E-state index >= 15 is 0 Å². The summed E-state index contributed by atoms with van der Waals surface area (Å²) in [6.45, 7) is 0.295. The molecule has 0 radical (unpaired) electrons. The van der Waals surface area contributed by atoms with Crippen molar-refractivity contribution >= 4 is 46.0 Å². The second kappa shape index (κ2) is 7.58. The molecule has 2 aromatic heterocycles. The molecule has 0 aliphatic heterocycles. The number of nitrogens with one attached hydrogen (secondary N) is 1.